The van der Waals surface area contributed by atoms with Crippen molar-refractivity contribution in [2.24, 2.45) is 0 Å². The molecule has 0 aliphatic rings. The van der Waals surface area contributed by atoms with Crippen LogP contribution >= 0.6 is 11.3 Å². The van der Waals surface area contributed by atoms with E-state index in [-0.39, 0.29) is 0 Å². The van der Waals surface area contributed by atoms with Crippen LogP contribution in [-0.2, 0) is 19.4 Å². The number of rotatable bonds is 6. The summed E-state index contributed by atoms with van der Waals surface area (Å²) in [5, 5.41) is 9.85. The number of ether oxygens (including phenoxy) is 1. The second kappa shape index (κ2) is 7.24. The van der Waals surface area contributed by atoms with Crippen LogP contribution in [-0.4, -0.2) is 4.98 Å². The van der Waals surface area contributed by atoms with Crippen molar-refractivity contribution in [2.75, 3.05) is 0 Å². The summed E-state index contributed by atoms with van der Waals surface area (Å²) in [6, 6.07) is 8.35. The molecule has 0 unspecified atom stereocenters. The van der Waals surface area contributed by atoms with Crippen LogP contribution in [0.25, 0.3) is 0 Å². The molecule has 0 saturated carbocycles. The highest BCUT2D eigenvalue weighted by Gasteiger charge is 2.12. The van der Waals surface area contributed by atoms with E-state index in [0.29, 0.717) is 13.0 Å². The molecule has 4 heteroatoms. The van der Waals surface area contributed by atoms with Crippen molar-refractivity contribution in [3.63, 3.8) is 0 Å². The third-order valence-corrected chi connectivity index (χ3v) is 4.37. The summed E-state index contributed by atoms with van der Waals surface area (Å²) in [4.78, 5) is 5.72. The normalized spacial score (nSPS) is 10.4. The van der Waals surface area contributed by atoms with E-state index in [9.17, 15) is 0 Å². The summed E-state index contributed by atoms with van der Waals surface area (Å²) in [5.41, 5.74) is 3.33. The van der Waals surface area contributed by atoms with Crippen LogP contribution < -0.4 is 4.74 Å². The van der Waals surface area contributed by atoms with E-state index < -0.39 is 0 Å². The van der Waals surface area contributed by atoms with Crippen molar-refractivity contribution in [1.82, 2.24) is 4.98 Å². The van der Waals surface area contributed by atoms with E-state index in [0.717, 1.165) is 45.3 Å². The Morgan fingerprint density at radius 2 is 2.00 bits per heavy atom. The van der Waals surface area contributed by atoms with Crippen molar-refractivity contribution in [3.05, 3.63) is 44.9 Å². The monoisotopic (exact) mass is 300 g/mol. The predicted octanol–water partition coefficient (Wildman–Crippen LogP) is 4.36. The van der Waals surface area contributed by atoms with Gasteiger partial charge in [0, 0.05) is 4.88 Å². The second-order valence-electron chi connectivity index (χ2n) is 5.07. The maximum atomic E-state index is 8.90. The highest BCUT2D eigenvalue weighted by Crippen LogP contribution is 2.26. The lowest BCUT2D eigenvalue weighted by Crippen LogP contribution is -1.99. The quantitative estimate of drug-likeness (QED) is 0.796. The van der Waals surface area contributed by atoms with Gasteiger partial charge in [-0.1, -0.05) is 31.5 Å². The highest BCUT2D eigenvalue weighted by molar-refractivity contribution is 7.11. The minimum atomic E-state index is 0.441. The Hall–Kier alpha value is -1.86. The molecule has 0 N–H and O–H groups in total. The van der Waals surface area contributed by atoms with E-state index in [2.05, 4.69) is 18.0 Å². The van der Waals surface area contributed by atoms with Crippen molar-refractivity contribution in [2.45, 2.75) is 46.6 Å². The van der Waals surface area contributed by atoms with E-state index in [1.807, 2.05) is 32.0 Å². The van der Waals surface area contributed by atoms with Crippen LogP contribution in [0.5, 0.6) is 5.75 Å². The number of aromatic nitrogens is 1. The number of benzene rings is 1. The first kappa shape index (κ1) is 15.5. The summed E-state index contributed by atoms with van der Waals surface area (Å²) in [5.74, 6) is 0.937. The lowest BCUT2D eigenvalue weighted by Gasteiger charge is -2.10. The molecule has 0 aliphatic carbocycles. The average Bonchev–Trinajstić information content (AvgIpc) is 2.81. The van der Waals surface area contributed by atoms with Gasteiger partial charge in [0.2, 0.25) is 0 Å². The number of aryl methyl sites for hydroxylation is 3. The van der Waals surface area contributed by atoms with Crippen molar-refractivity contribution in [3.8, 4) is 11.8 Å². The summed E-state index contributed by atoms with van der Waals surface area (Å²) >= 11 is 1.60. The molecule has 0 spiro atoms. The number of hydrogen-bond acceptors (Lipinski definition) is 4. The first-order valence-corrected chi connectivity index (χ1v) is 8.00. The highest BCUT2D eigenvalue weighted by atomic mass is 32.1. The summed E-state index contributed by atoms with van der Waals surface area (Å²) in [6.07, 6.45) is 2.41. The van der Waals surface area contributed by atoms with Crippen molar-refractivity contribution in [1.29, 1.82) is 5.26 Å². The SMILES string of the molecule is CCCc1nc(COc2c(C)cccc2C)sc1CC#N. The first-order chi connectivity index (χ1) is 10.2. The number of nitriles is 1. The van der Waals surface area contributed by atoms with Gasteiger partial charge in [-0.05, 0) is 31.4 Å². The molecule has 3 nitrogen and oxygen atoms in total. The molecule has 1 heterocycles. The Kier molecular flexibility index (Phi) is 5.35. The molecule has 2 rings (SSSR count). The number of nitrogens with zero attached hydrogens (tertiary/aromatic N) is 2. The summed E-state index contributed by atoms with van der Waals surface area (Å²) in [6.45, 7) is 6.70. The van der Waals surface area contributed by atoms with Gasteiger partial charge >= 0.3 is 0 Å². The molecule has 0 fully saturated rings. The lowest BCUT2D eigenvalue weighted by atomic mass is 10.1. The van der Waals surface area contributed by atoms with Gasteiger partial charge < -0.3 is 4.74 Å². The van der Waals surface area contributed by atoms with E-state index >= 15 is 0 Å². The minimum Gasteiger partial charge on any atom is -0.486 e. The van der Waals surface area contributed by atoms with E-state index in [4.69, 9.17) is 10.00 Å². The zero-order valence-electron chi connectivity index (χ0n) is 12.8. The molecule has 0 saturated heterocycles. The van der Waals surface area contributed by atoms with Gasteiger partial charge in [0.05, 0.1) is 18.2 Å². The molecule has 0 radical (unpaired) electrons. The fraction of sp³-hybridized carbons (Fsp3) is 0.412. The molecule has 2 aromatic rings. The van der Waals surface area contributed by atoms with E-state index in [1.54, 1.807) is 11.3 Å². The molecule has 1 aromatic heterocycles. The van der Waals surface area contributed by atoms with Gasteiger partial charge in [-0.3, -0.25) is 0 Å². The smallest absolute Gasteiger partial charge is 0.140 e. The summed E-state index contributed by atoms with van der Waals surface area (Å²) < 4.78 is 5.94. The van der Waals surface area contributed by atoms with Gasteiger partial charge in [0.25, 0.3) is 0 Å². The largest absolute Gasteiger partial charge is 0.486 e. The topological polar surface area (TPSA) is 45.9 Å². The van der Waals surface area contributed by atoms with Gasteiger partial charge in [0.1, 0.15) is 17.4 Å². The Morgan fingerprint density at radius 3 is 2.62 bits per heavy atom. The fourth-order valence-corrected chi connectivity index (χ4v) is 3.26. The van der Waals surface area contributed by atoms with Gasteiger partial charge in [-0.2, -0.15) is 5.26 Å². The van der Waals surface area contributed by atoms with Gasteiger partial charge in [-0.25, -0.2) is 4.98 Å². The maximum absolute atomic E-state index is 8.90. The van der Waals surface area contributed by atoms with Crippen LogP contribution in [0.4, 0.5) is 0 Å². The van der Waals surface area contributed by atoms with Crippen LogP contribution in [0.15, 0.2) is 18.2 Å². The Morgan fingerprint density at radius 1 is 1.29 bits per heavy atom. The van der Waals surface area contributed by atoms with Gasteiger partial charge in [0.15, 0.2) is 0 Å². The molecule has 21 heavy (non-hydrogen) atoms. The standard InChI is InChI=1S/C17H20N2OS/c1-4-6-14-15(9-10-18)21-16(19-14)11-20-17-12(2)7-5-8-13(17)3/h5,7-8H,4,6,9,11H2,1-3H3. The van der Waals surface area contributed by atoms with Gasteiger partial charge in [-0.15, -0.1) is 11.3 Å². The molecular weight excluding hydrogens is 280 g/mol. The van der Waals surface area contributed by atoms with Crippen molar-refractivity contribution >= 4 is 11.3 Å². The van der Waals surface area contributed by atoms with E-state index in [1.165, 1.54) is 0 Å². The molecular formula is C17H20N2OS. The van der Waals surface area contributed by atoms with Crippen LogP contribution in [0.2, 0.25) is 0 Å². The second-order valence-corrected chi connectivity index (χ2v) is 6.24. The molecule has 110 valence electrons. The molecule has 0 aliphatic heterocycles. The Balaban J connectivity index is 2.13. The van der Waals surface area contributed by atoms with Crippen LogP contribution in [0.3, 0.4) is 0 Å². The Bertz CT molecular complexity index is 635. The zero-order chi connectivity index (χ0) is 15.2. The fourth-order valence-electron chi connectivity index (χ4n) is 2.30. The molecule has 1 aromatic carbocycles. The Labute approximate surface area is 130 Å². The molecule has 0 bridgehead atoms. The third kappa shape index (κ3) is 3.83. The average molecular weight is 300 g/mol. The maximum Gasteiger partial charge on any atom is 0.140 e. The number of hydrogen-bond donors (Lipinski definition) is 0. The predicted molar refractivity (Wildman–Crippen MR) is 85.7 cm³/mol. The van der Waals surface area contributed by atoms with Crippen molar-refractivity contribution < 1.29 is 4.74 Å². The zero-order valence-corrected chi connectivity index (χ0v) is 13.6. The minimum absolute atomic E-state index is 0.441. The number of thiazole rings is 1. The molecule has 0 amide bonds. The van der Waals surface area contributed by atoms with Crippen LogP contribution in [0.1, 0.15) is 40.1 Å². The first-order valence-electron chi connectivity index (χ1n) is 7.19. The molecule has 0 atom stereocenters. The summed E-state index contributed by atoms with van der Waals surface area (Å²) in [7, 11) is 0. The lowest BCUT2D eigenvalue weighted by molar-refractivity contribution is 0.301. The third-order valence-electron chi connectivity index (χ3n) is 3.30. The number of para-hydroxylation sites is 1. The van der Waals surface area contributed by atoms with Crippen LogP contribution in [0, 0.1) is 25.2 Å².